The normalized spacial score (nSPS) is 10.3. The Morgan fingerprint density at radius 2 is 1.67 bits per heavy atom. The van der Waals surface area contributed by atoms with Gasteiger partial charge in [0.2, 0.25) is 11.8 Å². The van der Waals surface area contributed by atoms with Crippen LogP contribution in [0.15, 0.2) is 12.2 Å². The number of amides is 2. The largest absolute Gasteiger partial charge is 0.356 e. The van der Waals surface area contributed by atoms with Gasteiger partial charge in [-0.25, -0.2) is 0 Å². The zero-order valence-corrected chi connectivity index (χ0v) is 9.51. The summed E-state index contributed by atoms with van der Waals surface area (Å²) in [6.45, 7) is 4.74. The Morgan fingerprint density at radius 3 is 2.20 bits per heavy atom. The van der Waals surface area contributed by atoms with Crippen LogP contribution < -0.4 is 10.6 Å². The first-order valence-corrected chi connectivity index (χ1v) is 5.31. The summed E-state index contributed by atoms with van der Waals surface area (Å²) in [4.78, 5) is 21.5. The molecule has 0 atom stereocenters. The second-order valence-corrected chi connectivity index (χ2v) is 3.33. The lowest BCUT2D eigenvalue weighted by Gasteiger charge is -2.03. The van der Waals surface area contributed by atoms with Crippen molar-refractivity contribution in [3.63, 3.8) is 0 Å². The van der Waals surface area contributed by atoms with E-state index in [-0.39, 0.29) is 11.8 Å². The molecule has 0 radical (unpaired) electrons. The molecule has 0 spiro atoms. The zero-order valence-electron chi connectivity index (χ0n) is 9.51. The minimum absolute atomic E-state index is 0.0105. The Bertz CT molecular complexity index is 225. The van der Waals surface area contributed by atoms with Gasteiger partial charge in [-0.3, -0.25) is 9.59 Å². The SMILES string of the molecule is C/C=C/C(=O)NCCCCCNC(C)=O. The summed E-state index contributed by atoms with van der Waals surface area (Å²) in [5, 5.41) is 5.50. The molecule has 2 amide bonds. The fraction of sp³-hybridized carbons (Fsp3) is 0.636. The first-order valence-electron chi connectivity index (χ1n) is 5.31. The molecule has 15 heavy (non-hydrogen) atoms. The van der Waals surface area contributed by atoms with E-state index in [2.05, 4.69) is 10.6 Å². The molecule has 0 aromatic heterocycles. The standard InChI is InChI=1S/C11H20N2O2/c1-3-7-11(15)13-9-6-4-5-8-12-10(2)14/h3,7H,4-6,8-9H2,1-2H3,(H,12,14)(H,13,15)/b7-3+. The average Bonchev–Trinajstić information content (AvgIpc) is 2.16. The van der Waals surface area contributed by atoms with Gasteiger partial charge in [-0.05, 0) is 32.3 Å². The lowest BCUT2D eigenvalue weighted by molar-refractivity contribution is -0.119. The van der Waals surface area contributed by atoms with Crippen LogP contribution in [0.4, 0.5) is 0 Å². The Kier molecular flexibility index (Phi) is 8.43. The van der Waals surface area contributed by atoms with Gasteiger partial charge in [0, 0.05) is 20.0 Å². The summed E-state index contributed by atoms with van der Waals surface area (Å²) in [6, 6.07) is 0. The van der Waals surface area contributed by atoms with Crippen molar-refractivity contribution in [3.8, 4) is 0 Å². The molecule has 0 aromatic carbocycles. The van der Waals surface area contributed by atoms with Crippen molar-refractivity contribution in [2.45, 2.75) is 33.1 Å². The van der Waals surface area contributed by atoms with E-state index >= 15 is 0 Å². The molecular formula is C11H20N2O2. The third-order valence-corrected chi connectivity index (χ3v) is 1.84. The molecular weight excluding hydrogens is 192 g/mol. The van der Waals surface area contributed by atoms with Gasteiger partial charge >= 0.3 is 0 Å². The number of nitrogens with one attached hydrogen (secondary N) is 2. The number of carbonyl (C=O) groups excluding carboxylic acids is 2. The molecule has 0 aliphatic heterocycles. The Balaban J connectivity index is 3.18. The van der Waals surface area contributed by atoms with Crippen LogP contribution in [0.25, 0.3) is 0 Å². The van der Waals surface area contributed by atoms with E-state index in [9.17, 15) is 9.59 Å². The summed E-state index contributed by atoms with van der Waals surface area (Å²) < 4.78 is 0. The number of hydrogen-bond acceptors (Lipinski definition) is 2. The highest BCUT2D eigenvalue weighted by molar-refractivity contribution is 5.87. The topological polar surface area (TPSA) is 58.2 Å². The summed E-state index contributed by atoms with van der Waals surface area (Å²) in [5.74, 6) is -0.0317. The molecule has 0 aliphatic rings. The lowest BCUT2D eigenvalue weighted by atomic mass is 10.2. The Morgan fingerprint density at radius 1 is 1.07 bits per heavy atom. The van der Waals surface area contributed by atoms with Crippen LogP contribution in [-0.2, 0) is 9.59 Å². The van der Waals surface area contributed by atoms with E-state index in [1.807, 2.05) is 6.92 Å². The highest BCUT2D eigenvalue weighted by Gasteiger charge is 1.94. The minimum Gasteiger partial charge on any atom is -0.356 e. The highest BCUT2D eigenvalue weighted by atomic mass is 16.2. The van der Waals surface area contributed by atoms with Crippen LogP contribution in [-0.4, -0.2) is 24.9 Å². The third kappa shape index (κ3) is 10.6. The predicted molar refractivity (Wildman–Crippen MR) is 60.4 cm³/mol. The molecule has 2 N–H and O–H groups in total. The van der Waals surface area contributed by atoms with Gasteiger partial charge in [0.25, 0.3) is 0 Å². The molecule has 4 nitrogen and oxygen atoms in total. The first-order chi connectivity index (χ1) is 7.16. The minimum atomic E-state index is -0.0423. The van der Waals surface area contributed by atoms with Crippen molar-refractivity contribution in [1.29, 1.82) is 0 Å². The van der Waals surface area contributed by atoms with E-state index in [1.165, 1.54) is 13.0 Å². The summed E-state index contributed by atoms with van der Waals surface area (Å²) >= 11 is 0. The van der Waals surface area contributed by atoms with Gasteiger partial charge in [-0.1, -0.05) is 6.08 Å². The van der Waals surface area contributed by atoms with Crippen molar-refractivity contribution in [2.24, 2.45) is 0 Å². The maximum atomic E-state index is 11.0. The van der Waals surface area contributed by atoms with E-state index in [1.54, 1.807) is 6.08 Å². The van der Waals surface area contributed by atoms with Crippen LogP contribution >= 0.6 is 0 Å². The third-order valence-electron chi connectivity index (χ3n) is 1.84. The monoisotopic (exact) mass is 212 g/mol. The molecule has 0 aliphatic carbocycles. The Labute approximate surface area is 91.1 Å². The number of unbranched alkanes of at least 4 members (excludes halogenated alkanes) is 2. The van der Waals surface area contributed by atoms with Crippen LogP contribution in [0.3, 0.4) is 0 Å². The van der Waals surface area contributed by atoms with E-state index < -0.39 is 0 Å². The van der Waals surface area contributed by atoms with Gasteiger partial charge in [-0.2, -0.15) is 0 Å². The van der Waals surface area contributed by atoms with Crippen LogP contribution in [0.1, 0.15) is 33.1 Å². The maximum Gasteiger partial charge on any atom is 0.243 e. The number of allylic oxidation sites excluding steroid dienone is 1. The van der Waals surface area contributed by atoms with Gasteiger partial charge in [0.05, 0.1) is 0 Å². The van der Waals surface area contributed by atoms with Crippen molar-refractivity contribution in [3.05, 3.63) is 12.2 Å². The van der Waals surface area contributed by atoms with Gasteiger partial charge < -0.3 is 10.6 Å². The number of rotatable bonds is 7. The molecule has 0 rings (SSSR count). The molecule has 0 bridgehead atoms. The predicted octanol–water partition coefficient (Wildman–Crippen LogP) is 0.985. The molecule has 0 unspecified atom stereocenters. The van der Waals surface area contributed by atoms with E-state index in [0.29, 0.717) is 6.54 Å². The molecule has 0 saturated carbocycles. The van der Waals surface area contributed by atoms with Crippen LogP contribution in [0.5, 0.6) is 0 Å². The summed E-state index contributed by atoms with van der Waals surface area (Å²) in [7, 11) is 0. The zero-order chi connectivity index (χ0) is 11.5. The summed E-state index contributed by atoms with van der Waals surface area (Å²) in [6.07, 6.45) is 6.14. The highest BCUT2D eigenvalue weighted by Crippen LogP contribution is 1.92. The molecule has 0 heterocycles. The van der Waals surface area contributed by atoms with Gasteiger partial charge in [-0.15, -0.1) is 0 Å². The van der Waals surface area contributed by atoms with Crippen LogP contribution in [0.2, 0.25) is 0 Å². The molecule has 0 saturated heterocycles. The first kappa shape index (κ1) is 13.7. The van der Waals surface area contributed by atoms with Gasteiger partial charge in [0.15, 0.2) is 0 Å². The molecule has 0 fully saturated rings. The van der Waals surface area contributed by atoms with E-state index in [0.717, 1.165) is 25.8 Å². The van der Waals surface area contributed by atoms with Crippen molar-refractivity contribution < 1.29 is 9.59 Å². The lowest BCUT2D eigenvalue weighted by Crippen LogP contribution is -2.23. The maximum absolute atomic E-state index is 11.0. The average molecular weight is 212 g/mol. The van der Waals surface area contributed by atoms with Gasteiger partial charge in [0.1, 0.15) is 0 Å². The van der Waals surface area contributed by atoms with E-state index in [4.69, 9.17) is 0 Å². The smallest absolute Gasteiger partial charge is 0.243 e. The second kappa shape index (κ2) is 9.24. The molecule has 4 heteroatoms. The molecule has 86 valence electrons. The van der Waals surface area contributed by atoms with Crippen LogP contribution in [0, 0.1) is 0 Å². The Hall–Kier alpha value is -1.32. The fourth-order valence-electron chi connectivity index (χ4n) is 1.11. The van der Waals surface area contributed by atoms with Crippen molar-refractivity contribution in [2.75, 3.05) is 13.1 Å². The second-order valence-electron chi connectivity index (χ2n) is 3.33. The molecule has 0 aromatic rings. The fourth-order valence-corrected chi connectivity index (χ4v) is 1.11. The van der Waals surface area contributed by atoms with Crippen molar-refractivity contribution in [1.82, 2.24) is 10.6 Å². The quantitative estimate of drug-likeness (QED) is 0.488. The summed E-state index contributed by atoms with van der Waals surface area (Å²) in [5.41, 5.74) is 0. The number of hydrogen-bond donors (Lipinski definition) is 2. The van der Waals surface area contributed by atoms with Crippen molar-refractivity contribution >= 4 is 11.8 Å². The number of carbonyl (C=O) groups is 2.